The van der Waals surface area contributed by atoms with Crippen molar-refractivity contribution in [3.8, 4) is 11.8 Å². The Morgan fingerprint density at radius 1 is 1.18 bits per heavy atom. The number of hydrogen-bond acceptors (Lipinski definition) is 4. The van der Waals surface area contributed by atoms with Crippen molar-refractivity contribution in [3.63, 3.8) is 0 Å². The number of aromatic amines is 1. The first-order valence-corrected chi connectivity index (χ1v) is 9.35. The molecule has 1 fully saturated rings. The smallest absolute Gasteiger partial charge is 0.107 e. The summed E-state index contributed by atoms with van der Waals surface area (Å²) in [5, 5.41) is 0. The molecule has 1 aromatic heterocycles. The number of halogens is 1. The zero-order valence-corrected chi connectivity index (χ0v) is 16.1. The van der Waals surface area contributed by atoms with Gasteiger partial charge in [-0.1, -0.05) is 12.0 Å². The van der Waals surface area contributed by atoms with E-state index in [1.54, 1.807) is 6.33 Å². The van der Waals surface area contributed by atoms with Crippen LogP contribution in [0.15, 0.2) is 55.0 Å². The van der Waals surface area contributed by atoms with E-state index in [1.807, 2.05) is 60.6 Å². The molecule has 1 saturated heterocycles. The predicted octanol–water partition coefficient (Wildman–Crippen LogP) is 3.42. The van der Waals surface area contributed by atoms with E-state index in [0.717, 1.165) is 48.9 Å². The van der Waals surface area contributed by atoms with E-state index >= 15 is 0 Å². The van der Waals surface area contributed by atoms with Crippen LogP contribution in [0.25, 0.3) is 0 Å². The lowest BCUT2D eigenvalue weighted by Crippen LogP contribution is -2.36. The molecule has 0 radical (unpaired) electrons. The monoisotopic (exact) mass is 382 g/mol. The molecule has 1 N–H and O–H groups in total. The Balaban J connectivity index is 0.00000300. The van der Waals surface area contributed by atoms with E-state index in [2.05, 4.69) is 26.7 Å². The van der Waals surface area contributed by atoms with E-state index in [1.165, 1.54) is 0 Å². The number of H-pyrrole nitrogens is 1. The molecule has 0 bridgehead atoms. The van der Waals surface area contributed by atoms with E-state index in [-0.39, 0.29) is 8.10 Å². The highest BCUT2D eigenvalue weighted by molar-refractivity contribution is 5.51. The first kappa shape index (κ1) is 19.7. The van der Waals surface area contributed by atoms with Crippen LogP contribution in [0.3, 0.4) is 0 Å². The first-order chi connectivity index (χ1) is 13.8. The molecule has 0 spiro atoms. The molecule has 1 aliphatic heterocycles. The van der Waals surface area contributed by atoms with Gasteiger partial charge in [0.25, 0.3) is 0 Å². The van der Waals surface area contributed by atoms with Crippen LogP contribution in [0.4, 0.5) is 15.8 Å². The number of nitrogens with one attached hydrogen (secondary N) is 1. The van der Waals surface area contributed by atoms with E-state index in [0.29, 0.717) is 6.54 Å². The second-order valence-corrected chi connectivity index (χ2v) is 6.42. The maximum absolute atomic E-state index is 12.5. The largest absolute Gasteiger partial charge is 0.378 e. The third kappa shape index (κ3) is 5.73. The van der Waals surface area contributed by atoms with Crippen LogP contribution < -0.4 is 9.80 Å². The summed E-state index contributed by atoms with van der Waals surface area (Å²) in [6.45, 7) is 3.23. The van der Waals surface area contributed by atoms with Gasteiger partial charge in [-0.05, 0) is 42.3 Å². The minimum absolute atomic E-state index is 0. The van der Waals surface area contributed by atoms with Crippen molar-refractivity contribution in [1.82, 2.24) is 9.97 Å². The molecule has 0 atom stereocenters. The molecule has 28 heavy (non-hydrogen) atoms. The summed E-state index contributed by atoms with van der Waals surface area (Å²) in [4.78, 5) is 11.6. The van der Waals surface area contributed by atoms with Crippen molar-refractivity contribution < 1.29 is 10.6 Å². The topological polar surface area (TPSA) is 44.4 Å². The second kappa shape index (κ2) is 10.3. The molecule has 148 valence electrons. The van der Waals surface area contributed by atoms with Gasteiger partial charge in [0.05, 0.1) is 37.1 Å². The quantitative estimate of drug-likeness (QED) is 0.823. The summed E-state index contributed by atoms with van der Waals surface area (Å²) in [5.41, 5.74) is 3.68. The molecule has 0 saturated carbocycles. The number of nitrogens with zero attached hydrogens (tertiary/aromatic N) is 3. The molecule has 2 aromatic rings. The van der Waals surface area contributed by atoms with Crippen molar-refractivity contribution in [2.45, 2.75) is 0 Å². The number of ether oxygens (including phenoxy) is 1. The summed E-state index contributed by atoms with van der Waals surface area (Å²) in [7, 11) is 1.87. The number of morpholine rings is 1. The number of benzene rings is 1. The van der Waals surface area contributed by atoms with Crippen LogP contribution >= 0.6 is 0 Å². The van der Waals surface area contributed by atoms with E-state index < -0.39 is 0 Å². The molecule has 5 nitrogen and oxygen atoms in total. The Hall–Kier alpha value is -3.04. The van der Waals surface area contributed by atoms with Crippen LogP contribution in [0.1, 0.15) is 12.7 Å². The fourth-order valence-electron chi connectivity index (χ4n) is 2.84. The van der Waals surface area contributed by atoms with Gasteiger partial charge in [-0.25, -0.2) is 9.37 Å². The van der Waals surface area contributed by atoms with Crippen molar-refractivity contribution in [2.24, 2.45) is 0 Å². The number of hydrogen-bond donors (Lipinski definition) is 1. The van der Waals surface area contributed by atoms with Crippen LogP contribution in [-0.2, 0) is 4.74 Å². The molecule has 3 rings (SSSR count). The fraction of sp³-hybridized carbons (Fsp3) is 0.318. The van der Waals surface area contributed by atoms with Gasteiger partial charge in [0, 0.05) is 39.4 Å². The third-order valence-corrected chi connectivity index (χ3v) is 4.48. The lowest BCUT2D eigenvalue weighted by atomic mass is 10.2. The molecule has 0 unspecified atom stereocenters. The van der Waals surface area contributed by atoms with E-state index in [4.69, 9.17) is 4.74 Å². The molecular weight excluding hydrogens is 355 g/mol. The highest BCUT2D eigenvalue weighted by atomic mass is 19.1. The summed E-state index contributed by atoms with van der Waals surface area (Å²) in [6.07, 6.45) is 3.48. The minimum Gasteiger partial charge on any atom is -0.378 e. The van der Waals surface area contributed by atoms with Gasteiger partial charge in [-0.3, -0.25) is 0 Å². The maximum atomic E-state index is 12.5. The van der Waals surface area contributed by atoms with Crippen molar-refractivity contribution in [1.29, 1.82) is 0 Å². The van der Waals surface area contributed by atoms with Crippen molar-refractivity contribution in [3.05, 3.63) is 66.2 Å². The number of rotatable bonds is 4. The summed E-state index contributed by atoms with van der Waals surface area (Å²) < 4.78 is 17.9. The van der Waals surface area contributed by atoms with Gasteiger partial charge in [0.2, 0.25) is 0 Å². The van der Waals surface area contributed by atoms with Gasteiger partial charge in [-0.15, -0.1) is 0 Å². The SMILES string of the molecule is CN(CCF)c1ccc(C#Cc2cccc(N3CCOCC3)cnc[nH]2)cc1.[HH]. The second-order valence-electron chi connectivity index (χ2n) is 6.42. The number of alkyl halides is 1. The van der Waals surface area contributed by atoms with Gasteiger partial charge >= 0.3 is 0 Å². The molecule has 1 aromatic carbocycles. The summed E-state index contributed by atoms with van der Waals surface area (Å²) in [5.74, 6) is 6.27. The lowest BCUT2D eigenvalue weighted by Gasteiger charge is -2.27. The molecule has 1 aliphatic rings. The lowest BCUT2D eigenvalue weighted by molar-refractivity contribution is 0.122. The molecule has 0 amide bonds. The van der Waals surface area contributed by atoms with Gasteiger partial charge in [0.1, 0.15) is 6.67 Å². The van der Waals surface area contributed by atoms with Crippen LogP contribution in [0.2, 0.25) is 0 Å². The highest BCUT2D eigenvalue weighted by Crippen LogP contribution is 2.14. The zero-order valence-electron chi connectivity index (χ0n) is 16.1. The zero-order chi connectivity index (χ0) is 19.6. The number of aromatic nitrogens is 2. The van der Waals surface area contributed by atoms with Crippen LogP contribution in [0, 0.1) is 11.8 Å². The molecule has 6 heteroatoms. The third-order valence-electron chi connectivity index (χ3n) is 4.48. The molecule has 0 aliphatic carbocycles. The van der Waals surface area contributed by atoms with E-state index in [9.17, 15) is 4.39 Å². The predicted molar refractivity (Wildman–Crippen MR) is 113 cm³/mol. The fourth-order valence-corrected chi connectivity index (χ4v) is 2.84. The summed E-state index contributed by atoms with van der Waals surface area (Å²) >= 11 is 0. The Kier molecular flexibility index (Phi) is 7.28. The van der Waals surface area contributed by atoms with Crippen molar-refractivity contribution >= 4 is 11.4 Å². The Bertz CT molecular complexity index is 868. The average molecular weight is 382 g/mol. The number of anilines is 2. The molecular formula is C22H27FN4O. The Morgan fingerprint density at radius 3 is 2.71 bits per heavy atom. The Morgan fingerprint density at radius 2 is 1.96 bits per heavy atom. The van der Waals surface area contributed by atoms with Crippen molar-refractivity contribution in [2.75, 3.05) is 56.4 Å². The summed E-state index contributed by atoms with van der Waals surface area (Å²) in [6, 6.07) is 13.7. The van der Waals surface area contributed by atoms with Crippen LogP contribution in [0.5, 0.6) is 0 Å². The van der Waals surface area contributed by atoms with Gasteiger partial charge in [0.15, 0.2) is 0 Å². The van der Waals surface area contributed by atoms with Gasteiger partial charge < -0.3 is 19.5 Å². The average Bonchev–Trinajstić information content (AvgIpc) is 2.85. The standard InChI is InChI=1S/C22H25FN4O.H2/c1-26(12-11-23)21-9-6-19(7-10-21)5-8-20-3-2-4-22(17-24-18-25-20)27-13-15-28-16-14-27;/h2-4,6-7,9-10,17-18H,11-16H2,1H3,(H,24,25);1H. The van der Waals surface area contributed by atoms with Gasteiger partial charge in [-0.2, -0.15) is 0 Å². The van der Waals surface area contributed by atoms with Crippen LogP contribution in [-0.4, -0.2) is 56.5 Å². The normalized spacial score (nSPS) is 13.3. The first-order valence-electron chi connectivity index (χ1n) is 9.35. The Labute approximate surface area is 167 Å². The minimum atomic E-state index is -0.366. The maximum Gasteiger partial charge on any atom is 0.107 e. The molecule has 2 heterocycles. The highest BCUT2D eigenvalue weighted by Gasteiger charge is 2.09.